The maximum absolute atomic E-state index is 12.6. The van der Waals surface area contributed by atoms with Gasteiger partial charge in [-0.25, -0.2) is 4.98 Å². The lowest BCUT2D eigenvalue weighted by atomic mass is 10.0. The van der Waals surface area contributed by atoms with Gasteiger partial charge >= 0.3 is 0 Å². The van der Waals surface area contributed by atoms with Gasteiger partial charge in [0.1, 0.15) is 10.7 Å². The molecule has 1 atom stereocenters. The molecule has 6 heteroatoms. The lowest BCUT2D eigenvalue weighted by Gasteiger charge is -2.17. The molecular formula is C15H26N4OS. The number of amides is 1. The molecule has 0 spiro atoms. The second kappa shape index (κ2) is 7.11. The van der Waals surface area contributed by atoms with E-state index in [0.717, 1.165) is 37.7 Å². The topological polar surface area (TPSA) is 62.5 Å². The average Bonchev–Trinajstić information content (AvgIpc) is 3.07. The minimum Gasteiger partial charge on any atom is -0.382 e. The molecule has 0 bridgehead atoms. The van der Waals surface area contributed by atoms with Crippen LogP contribution >= 0.6 is 11.3 Å². The first-order valence-corrected chi connectivity index (χ1v) is 8.72. The summed E-state index contributed by atoms with van der Waals surface area (Å²) in [5, 5.41) is 0.852. The molecule has 1 aliphatic heterocycles. The molecule has 1 fully saturated rings. The van der Waals surface area contributed by atoms with E-state index < -0.39 is 0 Å². The van der Waals surface area contributed by atoms with Crippen molar-refractivity contribution < 1.29 is 4.79 Å². The van der Waals surface area contributed by atoms with Crippen molar-refractivity contribution in [2.75, 3.05) is 36.8 Å². The third-order valence-corrected chi connectivity index (χ3v) is 5.26. The maximum atomic E-state index is 12.6. The highest BCUT2D eigenvalue weighted by Gasteiger charge is 2.29. The van der Waals surface area contributed by atoms with Gasteiger partial charge in [-0.3, -0.25) is 4.79 Å². The summed E-state index contributed by atoms with van der Waals surface area (Å²) in [5.74, 6) is 1.09. The van der Waals surface area contributed by atoms with E-state index in [1.807, 2.05) is 4.90 Å². The van der Waals surface area contributed by atoms with Gasteiger partial charge in [0.15, 0.2) is 5.13 Å². The number of rotatable bonds is 6. The Labute approximate surface area is 131 Å². The first-order valence-electron chi connectivity index (χ1n) is 7.91. The Morgan fingerprint density at radius 3 is 2.76 bits per heavy atom. The van der Waals surface area contributed by atoms with Gasteiger partial charge in [-0.1, -0.05) is 24.7 Å². The Hall–Kier alpha value is -1.30. The molecule has 1 amide bonds. The van der Waals surface area contributed by atoms with Crippen molar-refractivity contribution >= 4 is 28.2 Å². The molecule has 21 heavy (non-hydrogen) atoms. The molecule has 2 rings (SSSR count). The zero-order valence-electron chi connectivity index (χ0n) is 13.3. The normalized spacial score (nSPS) is 18.2. The number of nitrogens with two attached hydrogens (primary N) is 1. The highest BCUT2D eigenvalue weighted by molar-refractivity contribution is 7.18. The minimum atomic E-state index is 0.0574. The van der Waals surface area contributed by atoms with Gasteiger partial charge in [-0.15, -0.1) is 0 Å². The smallest absolute Gasteiger partial charge is 0.267 e. The van der Waals surface area contributed by atoms with E-state index in [1.165, 1.54) is 24.2 Å². The summed E-state index contributed by atoms with van der Waals surface area (Å²) < 4.78 is 0. The van der Waals surface area contributed by atoms with Gasteiger partial charge in [-0.05, 0) is 32.6 Å². The van der Waals surface area contributed by atoms with E-state index >= 15 is 0 Å². The van der Waals surface area contributed by atoms with E-state index in [-0.39, 0.29) is 5.91 Å². The van der Waals surface area contributed by atoms with E-state index in [1.54, 1.807) is 0 Å². The van der Waals surface area contributed by atoms with Crippen LogP contribution in [0.2, 0.25) is 0 Å². The third-order valence-electron chi connectivity index (χ3n) is 4.14. The molecule has 0 aromatic carbocycles. The fourth-order valence-corrected chi connectivity index (χ4v) is 3.99. The molecule has 0 saturated carbocycles. The summed E-state index contributed by atoms with van der Waals surface area (Å²) in [7, 11) is 0. The number of thiazole rings is 1. The number of carbonyl (C=O) groups is 1. The van der Waals surface area contributed by atoms with Crippen LogP contribution in [0.5, 0.6) is 0 Å². The van der Waals surface area contributed by atoms with Crippen molar-refractivity contribution in [2.45, 2.75) is 40.0 Å². The van der Waals surface area contributed by atoms with Crippen molar-refractivity contribution in [3.05, 3.63) is 4.88 Å². The first-order chi connectivity index (χ1) is 10.1. The van der Waals surface area contributed by atoms with Crippen LogP contribution in [0.3, 0.4) is 0 Å². The summed E-state index contributed by atoms with van der Waals surface area (Å²) in [6.45, 7) is 9.82. The van der Waals surface area contributed by atoms with E-state index in [2.05, 4.69) is 30.7 Å². The SMILES string of the molecule is CCCC1CCN(C(=O)c2sc(N(CC)CC)nc2N)C1. The molecule has 1 aliphatic rings. The Morgan fingerprint density at radius 2 is 2.14 bits per heavy atom. The number of hydrogen-bond acceptors (Lipinski definition) is 5. The highest BCUT2D eigenvalue weighted by atomic mass is 32.1. The van der Waals surface area contributed by atoms with Crippen LogP contribution < -0.4 is 10.6 Å². The van der Waals surface area contributed by atoms with E-state index in [0.29, 0.717) is 16.6 Å². The lowest BCUT2D eigenvalue weighted by Crippen LogP contribution is -2.28. The average molecular weight is 310 g/mol. The number of nitrogens with zero attached hydrogens (tertiary/aromatic N) is 3. The lowest BCUT2D eigenvalue weighted by molar-refractivity contribution is 0.0792. The molecule has 1 aromatic heterocycles. The van der Waals surface area contributed by atoms with Crippen LogP contribution in [0.25, 0.3) is 0 Å². The van der Waals surface area contributed by atoms with E-state index in [9.17, 15) is 4.79 Å². The second-order valence-corrected chi connectivity index (χ2v) is 6.56. The van der Waals surface area contributed by atoms with Crippen molar-refractivity contribution in [3.63, 3.8) is 0 Å². The van der Waals surface area contributed by atoms with Gasteiger partial charge in [0.2, 0.25) is 0 Å². The fourth-order valence-electron chi connectivity index (χ4n) is 2.91. The van der Waals surface area contributed by atoms with Crippen molar-refractivity contribution in [3.8, 4) is 0 Å². The minimum absolute atomic E-state index is 0.0574. The van der Waals surface area contributed by atoms with Crippen molar-refractivity contribution in [1.29, 1.82) is 0 Å². The molecule has 2 N–H and O–H groups in total. The number of carbonyl (C=O) groups excluding carboxylic acids is 1. The Kier molecular flexibility index (Phi) is 5.45. The highest BCUT2D eigenvalue weighted by Crippen LogP contribution is 2.31. The van der Waals surface area contributed by atoms with Gasteiger partial charge in [0.25, 0.3) is 5.91 Å². The predicted octanol–water partition coefficient (Wildman–Crippen LogP) is 2.83. The second-order valence-electron chi connectivity index (χ2n) is 5.58. The third kappa shape index (κ3) is 3.48. The Balaban J connectivity index is 2.09. The Morgan fingerprint density at radius 1 is 1.43 bits per heavy atom. The molecule has 0 radical (unpaired) electrons. The summed E-state index contributed by atoms with van der Waals surface area (Å²) in [6.07, 6.45) is 3.50. The standard InChI is InChI=1S/C15H26N4OS/c1-4-7-11-8-9-19(10-11)14(20)12-13(16)17-15(21-12)18(5-2)6-3/h11H,4-10,16H2,1-3H3. The molecule has 1 aromatic rings. The zero-order valence-corrected chi connectivity index (χ0v) is 14.1. The molecule has 1 saturated heterocycles. The van der Waals surface area contributed by atoms with Crippen LogP contribution in [-0.2, 0) is 0 Å². The van der Waals surface area contributed by atoms with Crippen LogP contribution in [0.15, 0.2) is 0 Å². The summed E-state index contributed by atoms with van der Waals surface area (Å²) in [4.78, 5) is 21.7. The number of hydrogen-bond donors (Lipinski definition) is 1. The number of anilines is 2. The summed E-state index contributed by atoms with van der Waals surface area (Å²) in [5.41, 5.74) is 5.98. The molecular weight excluding hydrogens is 284 g/mol. The van der Waals surface area contributed by atoms with E-state index in [4.69, 9.17) is 5.73 Å². The quantitative estimate of drug-likeness (QED) is 0.877. The van der Waals surface area contributed by atoms with Gasteiger partial charge in [-0.2, -0.15) is 0 Å². The fraction of sp³-hybridized carbons (Fsp3) is 0.733. The van der Waals surface area contributed by atoms with Crippen LogP contribution in [0.1, 0.15) is 49.7 Å². The van der Waals surface area contributed by atoms with Gasteiger partial charge < -0.3 is 15.5 Å². The molecule has 2 heterocycles. The predicted molar refractivity (Wildman–Crippen MR) is 89.0 cm³/mol. The Bertz CT molecular complexity index is 484. The maximum Gasteiger partial charge on any atom is 0.267 e. The van der Waals surface area contributed by atoms with Crippen LogP contribution in [-0.4, -0.2) is 42.0 Å². The molecule has 1 unspecified atom stereocenters. The molecule has 5 nitrogen and oxygen atoms in total. The molecule has 118 valence electrons. The molecule has 0 aliphatic carbocycles. The summed E-state index contributed by atoms with van der Waals surface area (Å²) >= 11 is 1.42. The monoisotopic (exact) mass is 310 g/mol. The number of likely N-dealkylation sites (tertiary alicyclic amines) is 1. The van der Waals surface area contributed by atoms with Gasteiger partial charge in [0.05, 0.1) is 0 Å². The summed E-state index contributed by atoms with van der Waals surface area (Å²) in [6, 6.07) is 0. The zero-order chi connectivity index (χ0) is 15.4. The van der Waals surface area contributed by atoms with Crippen molar-refractivity contribution in [1.82, 2.24) is 9.88 Å². The number of aromatic nitrogens is 1. The number of nitrogen functional groups attached to an aromatic ring is 1. The van der Waals surface area contributed by atoms with Crippen molar-refractivity contribution in [2.24, 2.45) is 5.92 Å². The van der Waals surface area contributed by atoms with Crippen LogP contribution in [0.4, 0.5) is 10.9 Å². The van der Waals surface area contributed by atoms with Crippen LogP contribution in [0, 0.1) is 5.92 Å². The van der Waals surface area contributed by atoms with Gasteiger partial charge in [0, 0.05) is 26.2 Å². The largest absolute Gasteiger partial charge is 0.382 e. The first kappa shape index (κ1) is 16.1.